The SMILES string of the molecule is COCCN(Cc1cccs1)C(=O)C[NH+](C)CC(=O)NC(C)C. The molecule has 0 fully saturated rings. The van der Waals surface area contributed by atoms with Gasteiger partial charge in [0.25, 0.3) is 11.8 Å². The highest BCUT2D eigenvalue weighted by molar-refractivity contribution is 7.09. The number of nitrogens with one attached hydrogen (secondary N) is 2. The minimum absolute atomic E-state index is 0.0327. The van der Waals surface area contributed by atoms with E-state index in [-0.39, 0.29) is 17.9 Å². The van der Waals surface area contributed by atoms with Crippen molar-refractivity contribution < 1.29 is 19.2 Å². The molecular weight excluding hydrogens is 314 g/mol. The zero-order valence-electron chi connectivity index (χ0n) is 14.4. The molecule has 0 radical (unpaired) electrons. The molecule has 0 aromatic carbocycles. The molecule has 0 aliphatic rings. The molecule has 1 atom stereocenters. The van der Waals surface area contributed by atoms with Crippen LogP contribution in [0.15, 0.2) is 17.5 Å². The average molecular weight is 342 g/mol. The van der Waals surface area contributed by atoms with Crippen LogP contribution >= 0.6 is 11.3 Å². The van der Waals surface area contributed by atoms with Crippen LogP contribution in [-0.4, -0.2) is 63.2 Å². The van der Waals surface area contributed by atoms with Gasteiger partial charge in [-0.2, -0.15) is 0 Å². The number of carbonyl (C=O) groups is 2. The second-order valence-electron chi connectivity index (χ2n) is 5.92. The van der Waals surface area contributed by atoms with Crippen LogP contribution in [0.1, 0.15) is 18.7 Å². The van der Waals surface area contributed by atoms with Crippen LogP contribution in [0.5, 0.6) is 0 Å². The summed E-state index contributed by atoms with van der Waals surface area (Å²) in [5, 5.41) is 4.85. The highest BCUT2D eigenvalue weighted by Gasteiger charge is 2.20. The van der Waals surface area contributed by atoms with Crippen LogP contribution in [0.4, 0.5) is 0 Å². The minimum Gasteiger partial charge on any atom is -0.383 e. The second kappa shape index (κ2) is 10.4. The summed E-state index contributed by atoms with van der Waals surface area (Å²) in [5.74, 6) is -0.00250. The number of hydrogen-bond donors (Lipinski definition) is 2. The number of hydrogen-bond acceptors (Lipinski definition) is 4. The van der Waals surface area contributed by atoms with Crippen molar-refractivity contribution in [3.8, 4) is 0 Å². The first kappa shape index (κ1) is 19.6. The first-order chi connectivity index (χ1) is 10.9. The third-order valence-electron chi connectivity index (χ3n) is 3.21. The number of nitrogens with zero attached hydrogens (tertiary/aromatic N) is 1. The van der Waals surface area contributed by atoms with E-state index in [1.165, 1.54) is 0 Å². The Bertz CT molecular complexity index is 477. The Labute approximate surface area is 142 Å². The quantitative estimate of drug-likeness (QED) is 0.617. The Morgan fingerprint density at radius 1 is 1.39 bits per heavy atom. The predicted octanol–water partition coefficient (Wildman–Crippen LogP) is -0.238. The molecule has 0 spiro atoms. The monoisotopic (exact) mass is 342 g/mol. The van der Waals surface area contributed by atoms with Crippen molar-refractivity contribution in [2.75, 3.05) is 40.4 Å². The van der Waals surface area contributed by atoms with E-state index in [1.807, 2.05) is 38.4 Å². The van der Waals surface area contributed by atoms with E-state index in [0.29, 0.717) is 32.8 Å². The number of carbonyl (C=O) groups excluding carboxylic acids is 2. The first-order valence-electron chi connectivity index (χ1n) is 7.82. The van der Waals surface area contributed by atoms with Crippen molar-refractivity contribution in [3.63, 3.8) is 0 Å². The van der Waals surface area contributed by atoms with Crippen LogP contribution in [-0.2, 0) is 20.9 Å². The van der Waals surface area contributed by atoms with Crippen molar-refractivity contribution in [3.05, 3.63) is 22.4 Å². The summed E-state index contributed by atoms with van der Waals surface area (Å²) in [5.41, 5.74) is 0. The largest absolute Gasteiger partial charge is 0.383 e. The van der Waals surface area contributed by atoms with Gasteiger partial charge >= 0.3 is 0 Å². The van der Waals surface area contributed by atoms with Crippen LogP contribution in [0, 0.1) is 0 Å². The molecular formula is C16H28N3O3S+. The van der Waals surface area contributed by atoms with Gasteiger partial charge in [-0.05, 0) is 25.3 Å². The zero-order chi connectivity index (χ0) is 17.2. The molecule has 1 unspecified atom stereocenters. The van der Waals surface area contributed by atoms with Crippen LogP contribution in [0.2, 0.25) is 0 Å². The molecule has 1 aromatic heterocycles. The number of quaternary nitrogens is 1. The number of thiophene rings is 1. The van der Waals surface area contributed by atoms with Gasteiger partial charge < -0.3 is 19.9 Å². The normalized spacial score (nSPS) is 12.2. The highest BCUT2D eigenvalue weighted by Crippen LogP contribution is 2.11. The fourth-order valence-electron chi connectivity index (χ4n) is 2.16. The number of likely N-dealkylation sites (N-methyl/N-ethyl adjacent to an activating group) is 1. The summed E-state index contributed by atoms with van der Waals surface area (Å²) < 4.78 is 5.09. The van der Waals surface area contributed by atoms with Gasteiger partial charge in [0.1, 0.15) is 0 Å². The van der Waals surface area contributed by atoms with Crippen molar-refractivity contribution in [1.29, 1.82) is 0 Å². The summed E-state index contributed by atoms with van der Waals surface area (Å²) in [7, 11) is 3.48. The number of amides is 2. The minimum atomic E-state index is -0.0352. The number of ether oxygens (including phenoxy) is 1. The summed E-state index contributed by atoms with van der Waals surface area (Å²) in [6.07, 6.45) is 0. The third kappa shape index (κ3) is 8.11. The van der Waals surface area contributed by atoms with Gasteiger partial charge in [-0.15, -0.1) is 11.3 Å². The van der Waals surface area contributed by atoms with E-state index in [4.69, 9.17) is 4.74 Å². The first-order valence-corrected chi connectivity index (χ1v) is 8.70. The average Bonchev–Trinajstić information content (AvgIpc) is 2.94. The molecule has 1 rings (SSSR count). The van der Waals surface area contributed by atoms with Crippen LogP contribution in [0.3, 0.4) is 0 Å². The Morgan fingerprint density at radius 3 is 2.70 bits per heavy atom. The number of methoxy groups -OCH3 is 1. The number of rotatable bonds is 10. The lowest BCUT2D eigenvalue weighted by molar-refractivity contribution is -0.863. The van der Waals surface area contributed by atoms with E-state index >= 15 is 0 Å². The molecule has 7 heteroatoms. The molecule has 1 heterocycles. The standard InChI is InChI=1S/C16H27N3O3S/c1-13(2)17-15(20)11-18(3)12-16(21)19(7-8-22-4)10-14-6-5-9-23-14/h5-6,9,13H,7-8,10-12H2,1-4H3,(H,17,20)/p+1. The maximum absolute atomic E-state index is 12.5. The van der Waals surface area contributed by atoms with E-state index in [0.717, 1.165) is 9.78 Å². The maximum Gasteiger partial charge on any atom is 0.278 e. The van der Waals surface area contributed by atoms with E-state index in [9.17, 15) is 9.59 Å². The summed E-state index contributed by atoms with van der Waals surface area (Å²) in [6.45, 7) is 6.08. The molecule has 23 heavy (non-hydrogen) atoms. The van der Waals surface area contributed by atoms with E-state index in [2.05, 4.69) is 5.32 Å². The van der Waals surface area contributed by atoms with Crippen molar-refractivity contribution in [2.45, 2.75) is 26.4 Å². The van der Waals surface area contributed by atoms with Gasteiger partial charge in [-0.1, -0.05) is 6.07 Å². The van der Waals surface area contributed by atoms with E-state index in [1.54, 1.807) is 23.3 Å². The van der Waals surface area contributed by atoms with Crippen molar-refractivity contribution in [1.82, 2.24) is 10.2 Å². The third-order valence-corrected chi connectivity index (χ3v) is 4.07. The molecule has 0 bridgehead atoms. The topological polar surface area (TPSA) is 63.1 Å². The zero-order valence-corrected chi connectivity index (χ0v) is 15.2. The maximum atomic E-state index is 12.5. The van der Waals surface area contributed by atoms with E-state index < -0.39 is 0 Å². The van der Waals surface area contributed by atoms with Gasteiger partial charge in [0.05, 0.1) is 20.2 Å². The van der Waals surface area contributed by atoms with Crippen molar-refractivity contribution in [2.24, 2.45) is 0 Å². The smallest absolute Gasteiger partial charge is 0.278 e. The lowest BCUT2D eigenvalue weighted by Crippen LogP contribution is -3.11. The molecule has 0 aliphatic carbocycles. The highest BCUT2D eigenvalue weighted by atomic mass is 32.1. The molecule has 0 saturated carbocycles. The van der Waals surface area contributed by atoms with Gasteiger partial charge in [-0.3, -0.25) is 9.59 Å². The molecule has 2 N–H and O–H groups in total. The lowest BCUT2D eigenvalue weighted by atomic mass is 10.3. The summed E-state index contributed by atoms with van der Waals surface area (Å²) in [6, 6.07) is 4.11. The van der Waals surface area contributed by atoms with Gasteiger partial charge in [0.15, 0.2) is 13.1 Å². The van der Waals surface area contributed by atoms with Crippen LogP contribution < -0.4 is 10.2 Å². The molecule has 130 valence electrons. The summed E-state index contributed by atoms with van der Waals surface area (Å²) >= 11 is 1.63. The fourth-order valence-corrected chi connectivity index (χ4v) is 2.88. The summed E-state index contributed by atoms with van der Waals surface area (Å²) in [4.78, 5) is 28.1. The fraction of sp³-hybridized carbons (Fsp3) is 0.625. The molecule has 1 aromatic rings. The Balaban J connectivity index is 2.52. The molecule has 0 saturated heterocycles. The van der Waals surface area contributed by atoms with Gasteiger partial charge in [0.2, 0.25) is 0 Å². The van der Waals surface area contributed by atoms with Gasteiger partial charge in [0, 0.05) is 24.6 Å². The molecule has 2 amide bonds. The predicted molar refractivity (Wildman–Crippen MR) is 91.5 cm³/mol. The lowest BCUT2D eigenvalue weighted by Gasteiger charge is -2.23. The Hall–Kier alpha value is -1.44. The Kier molecular flexibility index (Phi) is 8.83. The second-order valence-corrected chi connectivity index (χ2v) is 6.95. The van der Waals surface area contributed by atoms with Gasteiger partial charge in [-0.25, -0.2) is 0 Å². The van der Waals surface area contributed by atoms with Crippen LogP contribution in [0.25, 0.3) is 0 Å². The molecule has 0 aliphatic heterocycles. The van der Waals surface area contributed by atoms with Crippen molar-refractivity contribution >= 4 is 23.2 Å². The Morgan fingerprint density at radius 2 is 2.13 bits per heavy atom. The molecule has 6 nitrogen and oxygen atoms in total.